The second-order valence-corrected chi connectivity index (χ2v) is 6.25. The van der Waals surface area contributed by atoms with Crippen LogP contribution in [0.15, 0.2) is 11.0 Å². The summed E-state index contributed by atoms with van der Waals surface area (Å²) in [6, 6.07) is 0. The first kappa shape index (κ1) is 10.2. The molecule has 1 heteroatoms. The summed E-state index contributed by atoms with van der Waals surface area (Å²) in [7, 11) is 0. The summed E-state index contributed by atoms with van der Waals surface area (Å²) in [6.45, 7) is 9.42. The topological polar surface area (TPSA) is 0 Å². The van der Waals surface area contributed by atoms with E-state index in [1.54, 1.807) is 4.91 Å². The number of hydrogen-bond donors (Lipinski definition) is 0. The number of allylic oxidation sites excluding steroid dienone is 2. The van der Waals surface area contributed by atoms with Gasteiger partial charge in [0.25, 0.3) is 0 Å². The number of rotatable bonds is 1. The standard InChI is InChI=1S/C11H20S/c1-10(2)6-9(12-5)7-11(3,4)8-10/h6H,7-8H2,1-5H3. The van der Waals surface area contributed by atoms with Crippen molar-refractivity contribution < 1.29 is 0 Å². The van der Waals surface area contributed by atoms with E-state index in [4.69, 9.17) is 0 Å². The van der Waals surface area contributed by atoms with E-state index >= 15 is 0 Å². The van der Waals surface area contributed by atoms with Crippen LogP contribution >= 0.6 is 11.8 Å². The molecule has 0 aromatic rings. The number of hydrogen-bond acceptors (Lipinski definition) is 1. The molecule has 0 unspecified atom stereocenters. The molecule has 0 atom stereocenters. The first-order valence-electron chi connectivity index (χ1n) is 4.60. The van der Waals surface area contributed by atoms with Crippen LogP contribution in [0.3, 0.4) is 0 Å². The summed E-state index contributed by atoms with van der Waals surface area (Å²) in [5.41, 5.74) is 0.899. The molecule has 1 aliphatic rings. The molecule has 1 aliphatic carbocycles. The first-order chi connectivity index (χ1) is 5.35. The molecule has 0 N–H and O–H groups in total. The fraction of sp³-hybridized carbons (Fsp3) is 0.818. The lowest BCUT2D eigenvalue weighted by atomic mass is 9.69. The zero-order valence-electron chi connectivity index (χ0n) is 8.90. The lowest BCUT2D eigenvalue weighted by molar-refractivity contribution is 0.220. The van der Waals surface area contributed by atoms with E-state index in [1.165, 1.54) is 12.8 Å². The second-order valence-electron chi connectivity index (χ2n) is 5.32. The van der Waals surface area contributed by atoms with E-state index in [1.807, 2.05) is 11.8 Å². The van der Waals surface area contributed by atoms with Crippen molar-refractivity contribution in [2.75, 3.05) is 6.26 Å². The smallest absolute Gasteiger partial charge is 0.0140 e. The largest absolute Gasteiger partial charge is 0.134 e. The summed E-state index contributed by atoms with van der Waals surface area (Å²) in [5, 5.41) is 0. The van der Waals surface area contributed by atoms with Crippen molar-refractivity contribution in [2.45, 2.75) is 40.5 Å². The third kappa shape index (κ3) is 2.55. The van der Waals surface area contributed by atoms with E-state index < -0.39 is 0 Å². The lowest BCUT2D eigenvalue weighted by Gasteiger charge is -2.38. The van der Waals surface area contributed by atoms with Crippen LogP contribution in [-0.4, -0.2) is 6.26 Å². The van der Waals surface area contributed by atoms with E-state index in [0.29, 0.717) is 10.8 Å². The van der Waals surface area contributed by atoms with Crippen molar-refractivity contribution in [2.24, 2.45) is 10.8 Å². The van der Waals surface area contributed by atoms with Gasteiger partial charge in [-0.05, 0) is 34.8 Å². The summed E-state index contributed by atoms with van der Waals surface area (Å²) < 4.78 is 0. The molecule has 0 nitrogen and oxygen atoms in total. The van der Waals surface area contributed by atoms with Crippen molar-refractivity contribution in [1.29, 1.82) is 0 Å². The average molecular weight is 184 g/mol. The van der Waals surface area contributed by atoms with Crippen molar-refractivity contribution in [3.8, 4) is 0 Å². The van der Waals surface area contributed by atoms with Crippen LogP contribution in [0.1, 0.15) is 40.5 Å². The molecule has 70 valence electrons. The van der Waals surface area contributed by atoms with Crippen molar-refractivity contribution >= 4 is 11.8 Å². The highest BCUT2D eigenvalue weighted by molar-refractivity contribution is 8.02. The monoisotopic (exact) mass is 184 g/mol. The Morgan fingerprint density at radius 3 is 2.25 bits per heavy atom. The molecule has 0 aromatic heterocycles. The van der Waals surface area contributed by atoms with Gasteiger partial charge in [0.2, 0.25) is 0 Å². The van der Waals surface area contributed by atoms with Gasteiger partial charge in [-0.1, -0.05) is 33.8 Å². The maximum atomic E-state index is 2.45. The van der Waals surface area contributed by atoms with E-state index in [0.717, 1.165) is 0 Å². The molecule has 0 spiro atoms. The molecule has 0 fully saturated rings. The van der Waals surface area contributed by atoms with E-state index in [-0.39, 0.29) is 0 Å². The van der Waals surface area contributed by atoms with Gasteiger partial charge in [-0.15, -0.1) is 11.8 Å². The van der Waals surface area contributed by atoms with Crippen molar-refractivity contribution in [3.05, 3.63) is 11.0 Å². The Hall–Kier alpha value is 0.0900. The Morgan fingerprint density at radius 2 is 1.83 bits per heavy atom. The fourth-order valence-electron chi connectivity index (χ4n) is 2.44. The second kappa shape index (κ2) is 3.10. The van der Waals surface area contributed by atoms with Gasteiger partial charge in [-0.2, -0.15) is 0 Å². The highest BCUT2D eigenvalue weighted by Gasteiger charge is 2.32. The summed E-state index contributed by atoms with van der Waals surface area (Å²) in [5.74, 6) is 0. The van der Waals surface area contributed by atoms with Gasteiger partial charge < -0.3 is 0 Å². The molecule has 12 heavy (non-hydrogen) atoms. The average Bonchev–Trinajstić information content (AvgIpc) is 1.80. The van der Waals surface area contributed by atoms with Crippen LogP contribution in [-0.2, 0) is 0 Å². The minimum Gasteiger partial charge on any atom is -0.134 e. The van der Waals surface area contributed by atoms with Gasteiger partial charge in [-0.25, -0.2) is 0 Å². The Bertz CT molecular complexity index is 199. The molecule has 0 aromatic carbocycles. The van der Waals surface area contributed by atoms with Crippen molar-refractivity contribution in [1.82, 2.24) is 0 Å². The van der Waals surface area contributed by atoms with Crippen LogP contribution in [0.4, 0.5) is 0 Å². The molecule has 0 radical (unpaired) electrons. The van der Waals surface area contributed by atoms with E-state index in [2.05, 4.69) is 40.0 Å². The minimum atomic E-state index is 0.403. The third-order valence-corrected chi connectivity index (χ3v) is 3.19. The Balaban J connectivity index is 2.86. The van der Waals surface area contributed by atoms with Gasteiger partial charge in [0, 0.05) is 0 Å². The SMILES string of the molecule is CSC1=CC(C)(C)CC(C)(C)C1. The van der Waals surface area contributed by atoms with E-state index in [9.17, 15) is 0 Å². The molecular formula is C11H20S. The van der Waals surface area contributed by atoms with Crippen LogP contribution in [0, 0.1) is 10.8 Å². The predicted molar refractivity (Wildman–Crippen MR) is 58.4 cm³/mol. The highest BCUT2D eigenvalue weighted by atomic mass is 32.2. The van der Waals surface area contributed by atoms with Gasteiger partial charge in [0.15, 0.2) is 0 Å². The molecule has 0 heterocycles. The van der Waals surface area contributed by atoms with Gasteiger partial charge in [0.05, 0.1) is 0 Å². The van der Waals surface area contributed by atoms with Gasteiger partial charge >= 0.3 is 0 Å². The zero-order valence-corrected chi connectivity index (χ0v) is 9.72. The normalized spacial score (nSPS) is 26.6. The van der Waals surface area contributed by atoms with Crippen molar-refractivity contribution in [3.63, 3.8) is 0 Å². The Kier molecular flexibility index (Phi) is 2.63. The summed E-state index contributed by atoms with van der Waals surface area (Å²) >= 11 is 1.91. The molecule has 0 aliphatic heterocycles. The minimum absolute atomic E-state index is 0.403. The predicted octanol–water partition coefficient (Wildman–Crippen LogP) is 4.08. The van der Waals surface area contributed by atoms with Gasteiger partial charge in [0.1, 0.15) is 0 Å². The quantitative estimate of drug-likeness (QED) is 0.591. The summed E-state index contributed by atoms with van der Waals surface area (Å²) in [4.78, 5) is 1.57. The highest BCUT2D eigenvalue weighted by Crippen LogP contribution is 2.46. The van der Waals surface area contributed by atoms with Crippen LogP contribution in [0.25, 0.3) is 0 Å². The lowest BCUT2D eigenvalue weighted by Crippen LogP contribution is -2.26. The zero-order chi connectivity index (χ0) is 9.41. The van der Waals surface area contributed by atoms with Crippen LogP contribution in [0.5, 0.6) is 0 Å². The maximum absolute atomic E-state index is 2.45. The molecule has 0 amide bonds. The first-order valence-corrected chi connectivity index (χ1v) is 5.83. The maximum Gasteiger partial charge on any atom is -0.0140 e. The Labute approximate surface area is 80.8 Å². The fourth-order valence-corrected chi connectivity index (χ4v) is 3.41. The number of thioether (sulfide) groups is 1. The van der Waals surface area contributed by atoms with Crippen LogP contribution < -0.4 is 0 Å². The Morgan fingerprint density at radius 1 is 1.25 bits per heavy atom. The molecular weight excluding hydrogens is 164 g/mol. The van der Waals surface area contributed by atoms with Crippen LogP contribution in [0.2, 0.25) is 0 Å². The van der Waals surface area contributed by atoms with Gasteiger partial charge in [-0.3, -0.25) is 0 Å². The summed E-state index contributed by atoms with van der Waals surface area (Å²) in [6.07, 6.45) is 7.20. The third-order valence-electron chi connectivity index (χ3n) is 2.40. The molecule has 0 saturated carbocycles. The molecule has 1 rings (SSSR count). The molecule has 0 bridgehead atoms. The molecule has 0 saturated heterocycles.